The van der Waals surface area contributed by atoms with Gasteiger partial charge in [-0.05, 0) is 31.2 Å². The fourth-order valence-electron chi connectivity index (χ4n) is 1.78. The molecule has 0 heterocycles. The van der Waals surface area contributed by atoms with Crippen molar-refractivity contribution >= 4 is 15.7 Å². The molecule has 0 bridgehead atoms. The summed E-state index contributed by atoms with van der Waals surface area (Å²) in [4.78, 5) is 13.1. The van der Waals surface area contributed by atoms with Crippen LogP contribution in [0.5, 0.6) is 5.75 Å². The summed E-state index contributed by atoms with van der Waals surface area (Å²) in [6.45, 7) is 1.19. The van der Waals surface area contributed by atoms with Crippen molar-refractivity contribution in [1.29, 1.82) is 0 Å². The summed E-state index contributed by atoms with van der Waals surface area (Å²) in [7, 11) is -1.79. The van der Waals surface area contributed by atoms with Crippen LogP contribution in [0.2, 0.25) is 0 Å². The van der Waals surface area contributed by atoms with Gasteiger partial charge in [-0.2, -0.15) is 13.2 Å². The third-order valence-corrected chi connectivity index (χ3v) is 4.23. The highest BCUT2D eigenvalue weighted by atomic mass is 32.2. The first-order valence-corrected chi connectivity index (χ1v) is 8.69. The van der Waals surface area contributed by atoms with E-state index in [0.29, 0.717) is 0 Å². The lowest BCUT2D eigenvalue weighted by molar-refractivity contribution is -0.137. The quantitative estimate of drug-likeness (QED) is 0.784. The lowest BCUT2D eigenvalue weighted by atomic mass is 10.2. The minimum Gasteiger partial charge on any atom is -0.484 e. The number of ether oxygens (including phenoxy) is 1. The van der Waals surface area contributed by atoms with E-state index in [1.54, 1.807) is 6.92 Å². The van der Waals surface area contributed by atoms with Gasteiger partial charge in [-0.25, -0.2) is 8.42 Å². The van der Waals surface area contributed by atoms with Crippen LogP contribution < -0.4 is 4.74 Å². The van der Waals surface area contributed by atoms with Crippen LogP contribution in [0.15, 0.2) is 24.3 Å². The molecule has 1 amide bonds. The summed E-state index contributed by atoms with van der Waals surface area (Å²) >= 11 is 0. The third kappa shape index (κ3) is 6.47. The highest BCUT2D eigenvalue weighted by Crippen LogP contribution is 2.30. The zero-order valence-electron chi connectivity index (χ0n) is 12.9. The van der Waals surface area contributed by atoms with E-state index in [-0.39, 0.29) is 11.5 Å². The highest BCUT2D eigenvalue weighted by Gasteiger charge is 2.30. The number of sulfone groups is 1. The Morgan fingerprint density at radius 1 is 1.26 bits per heavy atom. The summed E-state index contributed by atoms with van der Waals surface area (Å²) < 4.78 is 64.8. The van der Waals surface area contributed by atoms with Gasteiger partial charge in [-0.15, -0.1) is 0 Å². The van der Waals surface area contributed by atoms with Gasteiger partial charge in [0.05, 0.1) is 11.3 Å². The zero-order chi connectivity index (χ0) is 17.8. The van der Waals surface area contributed by atoms with Crippen LogP contribution in [-0.4, -0.2) is 50.9 Å². The van der Waals surface area contributed by atoms with E-state index < -0.39 is 40.1 Å². The largest absolute Gasteiger partial charge is 0.484 e. The Balaban J connectivity index is 2.59. The van der Waals surface area contributed by atoms with Crippen molar-refractivity contribution in [2.45, 2.75) is 19.1 Å². The first kappa shape index (κ1) is 19.3. The average molecular weight is 353 g/mol. The Morgan fingerprint density at radius 2 is 1.78 bits per heavy atom. The topological polar surface area (TPSA) is 63.7 Å². The normalized spacial score (nSPS) is 13.5. The van der Waals surface area contributed by atoms with Gasteiger partial charge < -0.3 is 9.64 Å². The maximum Gasteiger partial charge on any atom is 0.416 e. The van der Waals surface area contributed by atoms with E-state index >= 15 is 0 Å². The Labute approximate surface area is 133 Å². The molecule has 130 valence electrons. The first-order valence-electron chi connectivity index (χ1n) is 6.63. The van der Waals surface area contributed by atoms with Crippen molar-refractivity contribution < 1.29 is 31.1 Å². The molecule has 0 aliphatic carbocycles. The van der Waals surface area contributed by atoms with E-state index in [1.807, 2.05) is 0 Å². The molecule has 5 nitrogen and oxygen atoms in total. The molecule has 1 rings (SSSR count). The van der Waals surface area contributed by atoms with Crippen LogP contribution in [-0.2, 0) is 20.8 Å². The lowest BCUT2D eigenvalue weighted by Gasteiger charge is -2.24. The molecule has 0 fully saturated rings. The minimum absolute atomic E-state index is 0.121. The number of rotatable bonds is 6. The number of likely N-dealkylation sites (N-methyl/N-ethyl adjacent to an activating group) is 1. The van der Waals surface area contributed by atoms with Crippen molar-refractivity contribution in [3.05, 3.63) is 29.8 Å². The van der Waals surface area contributed by atoms with Gasteiger partial charge >= 0.3 is 6.18 Å². The second-order valence-corrected chi connectivity index (χ2v) is 7.44. The van der Waals surface area contributed by atoms with Crippen LogP contribution in [0.3, 0.4) is 0 Å². The molecule has 23 heavy (non-hydrogen) atoms. The van der Waals surface area contributed by atoms with Crippen molar-refractivity contribution in [3.8, 4) is 5.75 Å². The Kier molecular flexibility index (Phi) is 6.04. The molecular weight excluding hydrogens is 335 g/mol. The summed E-state index contributed by atoms with van der Waals surface area (Å²) in [5.74, 6) is -0.535. The number of carbonyl (C=O) groups excluding carboxylic acids is 1. The van der Waals surface area contributed by atoms with Crippen LogP contribution >= 0.6 is 0 Å². The number of benzene rings is 1. The summed E-state index contributed by atoms with van der Waals surface area (Å²) in [6, 6.07) is 3.42. The lowest BCUT2D eigenvalue weighted by Crippen LogP contribution is -2.41. The van der Waals surface area contributed by atoms with Gasteiger partial charge in [-0.3, -0.25) is 4.79 Å². The predicted octanol–water partition coefficient (Wildman–Crippen LogP) is 1.98. The van der Waals surface area contributed by atoms with Crippen LogP contribution in [0, 0.1) is 0 Å². The van der Waals surface area contributed by atoms with Gasteiger partial charge in [0, 0.05) is 19.3 Å². The Morgan fingerprint density at radius 3 is 2.22 bits per heavy atom. The molecule has 9 heteroatoms. The molecular formula is C14H18F3NO4S. The molecule has 0 aliphatic rings. The third-order valence-electron chi connectivity index (χ3n) is 3.14. The molecule has 0 saturated carbocycles. The molecule has 0 saturated heterocycles. The fourth-order valence-corrected chi connectivity index (χ4v) is 2.88. The number of hydrogen-bond donors (Lipinski definition) is 0. The number of alkyl halides is 3. The van der Waals surface area contributed by atoms with E-state index in [1.165, 1.54) is 11.9 Å². The Hall–Kier alpha value is -1.77. The van der Waals surface area contributed by atoms with E-state index in [0.717, 1.165) is 30.5 Å². The SMILES string of the molecule is CC(CS(C)(=O)=O)N(C)C(=O)COc1ccc(C(F)(F)F)cc1. The van der Waals surface area contributed by atoms with Crippen molar-refractivity contribution in [3.63, 3.8) is 0 Å². The van der Waals surface area contributed by atoms with Crippen molar-refractivity contribution in [2.24, 2.45) is 0 Å². The molecule has 0 aromatic heterocycles. The van der Waals surface area contributed by atoms with Crippen molar-refractivity contribution in [1.82, 2.24) is 4.90 Å². The summed E-state index contributed by atoms with van der Waals surface area (Å²) in [6.07, 6.45) is -3.36. The average Bonchev–Trinajstić information content (AvgIpc) is 2.41. The van der Waals surface area contributed by atoms with E-state index in [2.05, 4.69) is 0 Å². The van der Waals surface area contributed by atoms with Gasteiger partial charge in [0.15, 0.2) is 6.61 Å². The van der Waals surface area contributed by atoms with Crippen LogP contribution in [0.1, 0.15) is 12.5 Å². The number of hydrogen-bond acceptors (Lipinski definition) is 4. The highest BCUT2D eigenvalue weighted by molar-refractivity contribution is 7.90. The maximum absolute atomic E-state index is 12.4. The fraction of sp³-hybridized carbons (Fsp3) is 0.500. The number of nitrogens with zero attached hydrogens (tertiary/aromatic N) is 1. The standard InChI is InChI=1S/C14H18F3NO4S/c1-10(9-23(3,20)21)18(2)13(19)8-22-12-6-4-11(5-7-12)14(15,16)17/h4-7,10H,8-9H2,1-3H3. The van der Waals surface area contributed by atoms with Gasteiger partial charge in [0.1, 0.15) is 15.6 Å². The molecule has 0 N–H and O–H groups in total. The summed E-state index contributed by atoms with van der Waals surface area (Å²) in [5, 5.41) is 0. The minimum atomic E-state index is -4.43. The number of halogens is 3. The smallest absolute Gasteiger partial charge is 0.416 e. The summed E-state index contributed by atoms with van der Waals surface area (Å²) in [5.41, 5.74) is -0.810. The second-order valence-electron chi connectivity index (χ2n) is 5.26. The molecule has 0 aliphatic heterocycles. The maximum atomic E-state index is 12.4. The number of amides is 1. The zero-order valence-corrected chi connectivity index (χ0v) is 13.7. The molecule has 1 atom stereocenters. The van der Waals surface area contributed by atoms with E-state index in [9.17, 15) is 26.4 Å². The molecule has 1 unspecified atom stereocenters. The van der Waals surface area contributed by atoms with E-state index in [4.69, 9.17) is 4.74 Å². The first-order chi connectivity index (χ1) is 10.4. The molecule has 1 aromatic carbocycles. The monoisotopic (exact) mass is 353 g/mol. The van der Waals surface area contributed by atoms with Gasteiger partial charge in [-0.1, -0.05) is 0 Å². The van der Waals surface area contributed by atoms with Gasteiger partial charge in [0.25, 0.3) is 5.91 Å². The molecule has 1 aromatic rings. The Bertz CT molecular complexity index is 641. The van der Waals surface area contributed by atoms with Crippen LogP contribution in [0.4, 0.5) is 13.2 Å². The second kappa shape index (κ2) is 7.20. The molecule has 0 radical (unpaired) electrons. The molecule has 0 spiro atoms. The predicted molar refractivity (Wildman–Crippen MR) is 78.9 cm³/mol. The van der Waals surface area contributed by atoms with Gasteiger partial charge in [0.2, 0.25) is 0 Å². The van der Waals surface area contributed by atoms with Crippen molar-refractivity contribution in [2.75, 3.05) is 25.7 Å². The number of carbonyl (C=O) groups is 1. The van der Waals surface area contributed by atoms with Crippen LogP contribution in [0.25, 0.3) is 0 Å².